The molecular formula is C36H27NOS. The van der Waals surface area contributed by atoms with Crippen LogP contribution < -0.4 is 19.4 Å². The van der Waals surface area contributed by atoms with Crippen LogP contribution in [0.3, 0.4) is 0 Å². The molecule has 9 rings (SSSR count). The van der Waals surface area contributed by atoms with Crippen LogP contribution in [0.5, 0.6) is 5.75 Å². The average molecular weight is 522 g/mol. The van der Waals surface area contributed by atoms with Crippen molar-refractivity contribution >= 4 is 44.4 Å². The standard InChI is InChI=1S/C36H27NOS/c1-4-14-29-23(9-1)24-10-2-5-15-30(24)37(29)22-19-20-33-28(21-22)36-26(13-8-18-34(36)39-33)25-12-7-17-32-35(25)27-11-3-6-16-31(27)38-32/h1-7,9-12,14-21,23,29,32,35H,8,13H2. The molecule has 0 fully saturated rings. The van der Waals surface area contributed by atoms with Crippen molar-refractivity contribution in [2.24, 2.45) is 0 Å². The van der Waals surface area contributed by atoms with Gasteiger partial charge in [-0.3, -0.25) is 0 Å². The van der Waals surface area contributed by atoms with Crippen LogP contribution in [0, 0.1) is 0 Å². The van der Waals surface area contributed by atoms with Crippen molar-refractivity contribution in [3.8, 4) is 5.75 Å². The second kappa shape index (κ2) is 8.21. The van der Waals surface area contributed by atoms with E-state index >= 15 is 0 Å². The van der Waals surface area contributed by atoms with Crippen LogP contribution in [-0.2, 0) is 0 Å². The molecule has 0 radical (unpaired) electrons. The normalized spacial score (nSPS) is 25.4. The van der Waals surface area contributed by atoms with Gasteiger partial charge in [0.1, 0.15) is 11.9 Å². The van der Waals surface area contributed by atoms with E-state index in [0.717, 1.165) is 18.6 Å². The molecule has 3 aliphatic carbocycles. The van der Waals surface area contributed by atoms with Crippen LogP contribution in [0.4, 0.5) is 11.4 Å². The maximum Gasteiger partial charge on any atom is 0.128 e. The highest BCUT2D eigenvalue weighted by Gasteiger charge is 2.39. The molecule has 4 aromatic rings. The Morgan fingerprint density at radius 3 is 2.69 bits per heavy atom. The second-order valence-corrected chi connectivity index (χ2v) is 12.1. The molecule has 3 aromatic carbocycles. The third-order valence-corrected chi connectivity index (χ3v) is 10.2. The van der Waals surface area contributed by atoms with Crippen LogP contribution >= 0.6 is 11.3 Å². The molecule has 2 aliphatic heterocycles. The van der Waals surface area contributed by atoms with Gasteiger partial charge >= 0.3 is 0 Å². The Hall–Kier alpha value is -4.08. The van der Waals surface area contributed by atoms with E-state index in [9.17, 15) is 0 Å². The van der Waals surface area contributed by atoms with E-state index in [-0.39, 0.29) is 12.0 Å². The molecule has 0 amide bonds. The minimum absolute atomic E-state index is 0.0777. The summed E-state index contributed by atoms with van der Waals surface area (Å²) < 4.78 is 9.18. The lowest BCUT2D eigenvalue weighted by atomic mass is 9.78. The van der Waals surface area contributed by atoms with E-state index in [1.165, 1.54) is 53.5 Å². The van der Waals surface area contributed by atoms with E-state index < -0.39 is 0 Å². The number of para-hydroxylation sites is 2. The Morgan fingerprint density at radius 1 is 0.846 bits per heavy atom. The van der Waals surface area contributed by atoms with Crippen molar-refractivity contribution in [2.45, 2.75) is 36.8 Å². The summed E-state index contributed by atoms with van der Waals surface area (Å²) in [7, 11) is 0. The first-order chi connectivity index (χ1) is 19.3. The molecule has 39 heavy (non-hydrogen) atoms. The zero-order chi connectivity index (χ0) is 25.5. The molecule has 188 valence electrons. The fraction of sp³-hybridized carbons (Fsp3) is 0.167. The smallest absolute Gasteiger partial charge is 0.128 e. The molecule has 4 unspecified atom stereocenters. The van der Waals surface area contributed by atoms with Gasteiger partial charge in [-0.05, 0) is 66.0 Å². The summed E-state index contributed by atoms with van der Waals surface area (Å²) in [6.45, 7) is 0. The van der Waals surface area contributed by atoms with Gasteiger partial charge in [0.15, 0.2) is 0 Å². The molecule has 3 heterocycles. The van der Waals surface area contributed by atoms with E-state index in [2.05, 4.69) is 120 Å². The van der Waals surface area contributed by atoms with Gasteiger partial charge in [0.25, 0.3) is 0 Å². The molecular weight excluding hydrogens is 494 g/mol. The molecule has 0 spiro atoms. The maximum atomic E-state index is 6.39. The van der Waals surface area contributed by atoms with Crippen molar-refractivity contribution in [3.05, 3.63) is 136 Å². The van der Waals surface area contributed by atoms with Crippen molar-refractivity contribution in [3.63, 3.8) is 0 Å². The third kappa shape index (κ3) is 3.08. The van der Waals surface area contributed by atoms with Gasteiger partial charge in [-0.1, -0.05) is 78.9 Å². The molecule has 4 atom stereocenters. The summed E-state index contributed by atoms with van der Waals surface area (Å²) in [5, 5.41) is 2.82. The zero-order valence-electron chi connectivity index (χ0n) is 21.5. The van der Waals surface area contributed by atoms with E-state index in [1.54, 1.807) is 0 Å². The first-order valence-corrected chi connectivity index (χ1v) is 14.8. The monoisotopic (exact) mass is 521 g/mol. The number of hydrogen-bond donors (Lipinski definition) is 0. The third-order valence-electron chi connectivity index (χ3n) is 9.07. The Kier molecular flexibility index (Phi) is 4.59. The Morgan fingerprint density at radius 2 is 1.72 bits per heavy atom. The van der Waals surface area contributed by atoms with Gasteiger partial charge < -0.3 is 9.64 Å². The lowest BCUT2D eigenvalue weighted by Gasteiger charge is -2.29. The average Bonchev–Trinajstić information content (AvgIpc) is 3.66. The van der Waals surface area contributed by atoms with E-state index in [4.69, 9.17) is 4.74 Å². The summed E-state index contributed by atoms with van der Waals surface area (Å²) in [4.78, 5) is 2.55. The lowest BCUT2D eigenvalue weighted by molar-refractivity contribution is 0.266. The fourth-order valence-corrected chi connectivity index (χ4v) is 8.63. The largest absolute Gasteiger partial charge is 0.485 e. The van der Waals surface area contributed by atoms with E-state index in [0.29, 0.717) is 12.0 Å². The topological polar surface area (TPSA) is 12.5 Å². The maximum absolute atomic E-state index is 6.39. The summed E-state index contributed by atoms with van der Waals surface area (Å²) >= 11 is 1.94. The molecule has 0 N–H and O–H groups in total. The van der Waals surface area contributed by atoms with Gasteiger partial charge in [-0.2, -0.15) is 0 Å². The Bertz CT molecular complexity index is 1940. The number of nitrogens with zero attached hydrogens (tertiary/aromatic N) is 1. The van der Waals surface area contributed by atoms with Crippen LogP contribution in [-0.4, -0.2) is 12.1 Å². The number of hydrogen-bond acceptors (Lipinski definition) is 3. The first-order valence-electron chi connectivity index (χ1n) is 14.0. The summed E-state index contributed by atoms with van der Waals surface area (Å²) in [5.74, 6) is 1.69. The number of benzene rings is 3. The summed E-state index contributed by atoms with van der Waals surface area (Å²) in [6, 6.07) is 25.0. The van der Waals surface area contributed by atoms with Gasteiger partial charge in [-0.15, -0.1) is 11.3 Å². The van der Waals surface area contributed by atoms with Crippen molar-refractivity contribution in [1.29, 1.82) is 0 Å². The molecule has 2 nitrogen and oxygen atoms in total. The number of ether oxygens (including phenoxy) is 1. The Balaban J connectivity index is 1.25. The molecule has 3 heteroatoms. The summed E-state index contributed by atoms with van der Waals surface area (Å²) in [6.07, 6.45) is 20.6. The minimum Gasteiger partial charge on any atom is -0.485 e. The summed E-state index contributed by atoms with van der Waals surface area (Å²) in [5.41, 5.74) is 8.26. The van der Waals surface area contributed by atoms with Crippen molar-refractivity contribution in [2.75, 3.05) is 4.90 Å². The van der Waals surface area contributed by atoms with Crippen LogP contribution in [0.25, 0.3) is 21.7 Å². The number of allylic oxidation sites excluding steroid dienone is 4. The molecule has 0 saturated carbocycles. The zero-order valence-corrected chi connectivity index (χ0v) is 22.3. The number of thiophene rings is 1. The van der Waals surface area contributed by atoms with E-state index in [1.807, 2.05) is 11.3 Å². The van der Waals surface area contributed by atoms with Crippen molar-refractivity contribution < 1.29 is 4.74 Å². The Labute approximate surface area is 231 Å². The highest BCUT2D eigenvalue weighted by molar-refractivity contribution is 7.17. The molecule has 5 aliphatic rings. The quantitative estimate of drug-likeness (QED) is 0.273. The fourth-order valence-electron chi connectivity index (χ4n) is 7.45. The van der Waals surface area contributed by atoms with Gasteiger partial charge in [0.2, 0.25) is 0 Å². The van der Waals surface area contributed by atoms with Crippen LogP contribution in [0.2, 0.25) is 0 Å². The minimum atomic E-state index is 0.0777. The highest BCUT2D eigenvalue weighted by atomic mass is 32.1. The highest BCUT2D eigenvalue weighted by Crippen LogP contribution is 2.49. The SMILES string of the molecule is C1=CC2Oc3ccccc3C2C(C2=c3c(sc4ccc(N5c6ccccc6C6C=CC=CC65)cc34)=CCC2)=C1. The number of fused-ring (bicyclic) bond motifs is 9. The van der Waals surface area contributed by atoms with Gasteiger partial charge in [-0.25, -0.2) is 0 Å². The molecule has 1 aromatic heterocycles. The van der Waals surface area contributed by atoms with Crippen LogP contribution in [0.15, 0.2) is 115 Å². The number of anilines is 2. The number of rotatable bonds is 2. The second-order valence-electron chi connectivity index (χ2n) is 11.1. The van der Waals surface area contributed by atoms with Crippen LogP contribution in [0.1, 0.15) is 35.8 Å². The predicted octanol–water partition coefficient (Wildman–Crippen LogP) is 7.40. The van der Waals surface area contributed by atoms with Gasteiger partial charge in [0.05, 0.1) is 12.0 Å². The lowest BCUT2D eigenvalue weighted by Crippen LogP contribution is -2.30. The first kappa shape index (κ1) is 21.8. The molecule has 0 saturated heterocycles. The predicted molar refractivity (Wildman–Crippen MR) is 162 cm³/mol. The van der Waals surface area contributed by atoms with Gasteiger partial charge in [0, 0.05) is 42.7 Å². The molecule has 0 bridgehead atoms. The van der Waals surface area contributed by atoms with Crippen molar-refractivity contribution in [1.82, 2.24) is 0 Å².